The van der Waals surface area contributed by atoms with Crippen molar-refractivity contribution in [2.45, 2.75) is 0 Å². The van der Waals surface area contributed by atoms with Crippen molar-refractivity contribution in [3.05, 3.63) is 48.5 Å². The van der Waals surface area contributed by atoms with Gasteiger partial charge in [-0.15, -0.1) is 0 Å². The number of imidazole rings is 1. The molecule has 0 aliphatic carbocycles. The zero-order chi connectivity index (χ0) is 12.4. The van der Waals surface area contributed by atoms with E-state index in [0.29, 0.717) is 5.69 Å². The van der Waals surface area contributed by atoms with Crippen molar-refractivity contribution in [2.24, 2.45) is 4.99 Å². The number of para-hydroxylation sites is 2. The topological polar surface area (TPSA) is 58.1 Å². The van der Waals surface area contributed by atoms with Crippen molar-refractivity contribution in [2.75, 3.05) is 0 Å². The molecule has 4 heteroatoms. The molecular weight excluding hydrogens is 226 g/mol. The Labute approximate surface area is 103 Å². The number of nitrogens with one attached hydrogen (secondary N) is 1. The van der Waals surface area contributed by atoms with Crippen LogP contribution in [0.1, 0.15) is 0 Å². The Morgan fingerprint density at radius 3 is 2.83 bits per heavy atom. The van der Waals surface area contributed by atoms with E-state index in [9.17, 15) is 4.79 Å². The second-order valence-electron chi connectivity index (χ2n) is 3.86. The van der Waals surface area contributed by atoms with Crippen molar-refractivity contribution in [3.8, 4) is 11.4 Å². The van der Waals surface area contributed by atoms with Crippen LogP contribution in [-0.4, -0.2) is 16.0 Å². The molecule has 1 heterocycles. The van der Waals surface area contributed by atoms with E-state index < -0.39 is 0 Å². The fraction of sp³-hybridized carbons (Fsp3) is 0. The van der Waals surface area contributed by atoms with E-state index in [1.807, 2.05) is 36.4 Å². The van der Waals surface area contributed by atoms with Crippen LogP contribution in [0, 0.1) is 0 Å². The highest BCUT2D eigenvalue weighted by Gasteiger charge is 2.04. The highest BCUT2D eigenvalue weighted by atomic mass is 16.1. The van der Waals surface area contributed by atoms with E-state index >= 15 is 0 Å². The van der Waals surface area contributed by atoms with Crippen LogP contribution in [0.25, 0.3) is 22.4 Å². The number of aromatic amines is 1. The fourth-order valence-corrected chi connectivity index (χ4v) is 1.86. The molecule has 2 aromatic carbocycles. The molecule has 0 unspecified atom stereocenters. The number of aromatic nitrogens is 2. The summed E-state index contributed by atoms with van der Waals surface area (Å²) in [5.74, 6) is 0.763. The lowest BCUT2D eigenvalue weighted by Crippen LogP contribution is -1.79. The van der Waals surface area contributed by atoms with E-state index in [1.54, 1.807) is 12.1 Å². The summed E-state index contributed by atoms with van der Waals surface area (Å²) in [6.07, 6.45) is 1.53. The van der Waals surface area contributed by atoms with Gasteiger partial charge in [-0.3, -0.25) is 0 Å². The molecule has 3 rings (SSSR count). The van der Waals surface area contributed by atoms with Gasteiger partial charge in [0, 0.05) is 5.56 Å². The molecule has 0 atom stereocenters. The molecule has 0 amide bonds. The van der Waals surface area contributed by atoms with Crippen molar-refractivity contribution < 1.29 is 4.79 Å². The number of isocyanates is 1. The Kier molecular flexibility index (Phi) is 2.48. The maximum atomic E-state index is 10.2. The average molecular weight is 235 g/mol. The van der Waals surface area contributed by atoms with Crippen LogP contribution in [0.5, 0.6) is 0 Å². The number of hydrogen-bond acceptors (Lipinski definition) is 3. The predicted molar refractivity (Wildman–Crippen MR) is 69.3 cm³/mol. The van der Waals surface area contributed by atoms with Gasteiger partial charge in [0.1, 0.15) is 5.82 Å². The van der Waals surface area contributed by atoms with Crippen molar-refractivity contribution >= 4 is 22.8 Å². The van der Waals surface area contributed by atoms with Crippen molar-refractivity contribution in [1.29, 1.82) is 0 Å². The van der Waals surface area contributed by atoms with E-state index in [0.717, 1.165) is 22.4 Å². The number of benzene rings is 2. The highest BCUT2D eigenvalue weighted by Crippen LogP contribution is 2.23. The van der Waals surface area contributed by atoms with Crippen molar-refractivity contribution in [1.82, 2.24) is 9.97 Å². The van der Waals surface area contributed by atoms with E-state index in [1.165, 1.54) is 6.08 Å². The van der Waals surface area contributed by atoms with Gasteiger partial charge in [0.2, 0.25) is 6.08 Å². The smallest absolute Gasteiger partial charge is 0.240 e. The summed E-state index contributed by atoms with van der Waals surface area (Å²) < 4.78 is 0. The minimum atomic E-state index is 0.572. The third-order valence-electron chi connectivity index (χ3n) is 2.68. The highest BCUT2D eigenvalue weighted by molar-refractivity contribution is 5.79. The van der Waals surface area contributed by atoms with Crippen LogP contribution in [0.3, 0.4) is 0 Å². The molecule has 0 fully saturated rings. The van der Waals surface area contributed by atoms with Crippen LogP contribution >= 0.6 is 0 Å². The molecule has 0 spiro atoms. The summed E-state index contributed by atoms with van der Waals surface area (Å²) in [5.41, 5.74) is 3.36. The largest absolute Gasteiger partial charge is 0.338 e. The molecule has 1 N–H and O–H groups in total. The van der Waals surface area contributed by atoms with E-state index in [4.69, 9.17) is 0 Å². The van der Waals surface area contributed by atoms with Gasteiger partial charge in [0.05, 0.1) is 16.7 Å². The summed E-state index contributed by atoms with van der Waals surface area (Å²) in [5, 5.41) is 0. The first-order valence-corrected chi connectivity index (χ1v) is 5.50. The zero-order valence-corrected chi connectivity index (χ0v) is 9.42. The second-order valence-corrected chi connectivity index (χ2v) is 3.86. The number of fused-ring (bicyclic) bond motifs is 1. The predicted octanol–water partition coefficient (Wildman–Crippen LogP) is 3.20. The summed E-state index contributed by atoms with van der Waals surface area (Å²) in [6, 6.07) is 15.1. The first-order chi connectivity index (χ1) is 8.86. The van der Waals surface area contributed by atoms with Gasteiger partial charge < -0.3 is 4.98 Å². The van der Waals surface area contributed by atoms with Gasteiger partial charge in [-0.05, 0) is 24.3 Å². The normalized spacial score (nSPS) is 10.2. The number of aliphatic imine (C=N–C) groups is 1. The molecule has 86 valence electrons. The Balaban J connectivity index is 2.13. The lowest BCUT2D eigenvalue weighted by molar-refractivity contribution is 0.565. The molecule has 0 radical (unpaired) electrons. The molecule has 1 aromatic heterocycles. The molecule has 4 nitrogen and oxygen atoms in total. The summed E-state index contributed by atoms with van der Waals surface area (Å²) in [6.45, 7) is 0. The fourth-order valence-electron chi connectivity index (χ4n) is 1.86. The van der Waals surface area contributed by atoms with Gasteiger partial charge in [-0.2, -0.15) is 4.99 Å². The van der Waals surface area contributed by atoms with Crippen LogP contribution < -0.4 is 0 Å². The van der Waals surface area contributed by atoms with Crippen LogP contribution in [0.15, 0.2) is 53.5 Å². The van der Waals surface area contributed by atoms with Crippen LogP contribution in [-0.2, 0) is 4.79 Å². The van der Waals surface area contributed by atoms with Gasteiger partial charge in [0.25, 0.3) is 0 Å². The van der Waals surface area contributed by atoms with Crippen LogP contribution in [0.4, 0.5) is 5.69 Å². The third-order valence-corrected chi connectivity index (χ3v) is 2.68. The third kappa shape index (κ3) is 1.81. The Morgan fingerprint density at radius 2 is 2.00 bits per heavy atom. The summed E-state index contributed by atoms with van der Waals surface area (Å²) in [4.78, 5) is 21.6. The Bertz CT molecular complexity index is 721. The first-order valence-electron chi connectivity index (χ1n) is 5.50. The zero-order valence-electron chi connectivity index (χ0n) is 9.42. The SMILES string of the molecule is O=C=Nc1cccc(-c2nc3ccccc3[nH]2)c1. The average Bonchev–Trinajstić information content (AvgIpc) is 2.83. The van der Waals surface area contributed by atoms with Crippen molar-refractivity contribution in [3.63, 3.8) is 0 Å². The first kappa shape index (κ1) is 10.4. The Hall–Kier alpha value is -2.71. The van der Waals surface area contributed by atoms with E-state index in [-0.39, 0.29) is 0 Å². The van der Waals surface area contributed by atoms with Crippen LogP contribution in [0.2, 0.25) is 0 Å². The quantitative estimate of drug-likeness (QED) is 0.547. The molecule has 18 heavy (non-hydrogen) atoms. The molecule has 3 aromatic rings. The molecule has 0 aliphatic heterocycles. The number of hydrogen-bond donors (Lipinski definition) is 1. The number of carbonyl (C=O) groups excluding carboxylic acids is 1. The molecule has 0 saturated carbocycles. The number of rotatable bonds is 2. The minimum Gasteiger partial charge on any atom is -0.338 e. The summed E-state index contributed by atoms with van der Waals surface area (Å²) >= 11 is 0. The van der Waals surface area contributed by atoms with Gasteiger partial charge in [0.15, 0.2) is 0 Å². The van der Waals surface area contributed by atoms with Gasteiger partial charge >= 0.3 is 0 Å². The van der Waals surface area contributed by atoms with Gasteiger partial charge in [-0.1, -0.05) is 24.3 Å². The minimum absolute atomic E-state index is 0.572. The maximum absolute atomic E-state index is 10.2. The number of H-pyrrole nitrogens is 1. The monoisotopic (exact) mass is 235 g/mol. The number of nitrogens with zero attached hydrogens (tertiary/aromatic N) is 2. The maximum Gasteiger partial charge on any atom is 0.240 e. The van der Waals surface area contributed by atoms with E-state index in [2.05, 4.69) is 15.0 Å². The summed E-state index contributed by atoms with van der Waals surface area (Å²) in [7, 11) is 0. The molecule has 0 bridgehead atoms. The molecule has 0 saturated heterocycles. The Morgan fingerprint density at radius 1 is 1.11 bits per heavy atom. The standard InChI is InChI=1S/C14H9N3O/c18-9-15-11-5-3-4-10(8-11)14-16-12-6-1-2-7-13(12)17-14/h1-8H,(H,16,17). The second kappa shape index (κ2) is 4.28. The van der Waals surface area contributed by atoms with Gasteiger partial charge in [-0.25, -0.2) is 9.78 Å². The lowest BCUT2D eigenvalue weighted by atomic mass is 10.2. The molecular formula is C14H9N3O. The molecule has 0 aliphatic rings. The lowest BCUT2D eigenvalue weighted by Gasteiger charge is -1.96.